The van der Waals surface area contributed by atoms with Crippen molar-refractivity contribution in [2.45, 2.75) is 6.42 Å². The van der Waals surface area contributed by atoms with Gasteiger partial charge < -0.3 is 15.3 Å². The zero-order valence-electron chi connectivity index (χ0n) is 14.4. The number of anilines is 2. The number of benzene rings is 1. The number of nitrogens with zero attached hydrogens (tertiary/aromatic N) is 3. The lowest BCUT2D eigenvalue weighted by Gasteiger charge is -2.35. The van der Waals surface area contributed by atoms with E-state index < -0.39 is 0 Å². The quantitative estimate of drug-likeness (QED) is 0.757. The molecule has 142 valence electrons. The first kappa shape index (κ1) is 22.0. The second-order valence-electron chi connectivity index (χ2n) is 5.86. The molecule has 1 fully saturated rings. The molecule has 0 aliphatic carbocycles. The molecule has 0 spiro atoms. The van der Waals surface area contributed by atoms with Gasteiger partial charge in [0.15, 0.2) is 0 Å². The Balaban J connectivity index is 0.00000169. The van der Waals surface area contributed by atoms with E-state index in [1.807, 2.05) is 24.4 Å². The summed E-state index contributed by atoms with van der Waals surface area (Å²) in [6, 6.07) is 12.5. The van der Waals surface area contributed by atoms with Gasteiger partial charge in [0, 0.05) is 51.0 Å². The molecule has 0 unspecified atom stereocenters. The van der Waals surface area contributed by atoms with Crippen molar-refractivity contribution in [2.75, 3.05) is 42.9 Å². The summed E-state index contributed by atoms with van der Waals surface area (Å²) in [5.41, 5.74) is 0.706. The number of carbonyl (C=O) groups excluding carboxylic acids is 1. The van der Waals surface area contributed by atoms with Crippen LogP contribution in [0.2, 0.25) is 0 Å². The zero-order chi connectivity index (χ0) is 16.8. The summed E-state index contributed by atoms with van der Waals surface area (Å²) < 4.78 is 0. The van der Waals surface area contributed by atoms with E-state index in [4.69, 9.17) is 0 Å². The highest BCUT2D eigenvalue weighted by molar-refractivity contribution is 5.90. The first-order valence-corrected chi connectivity index (χ1v) is 8.18. The predicted molar refractivity (Wildman–Crippen MR) is 109 cm³/mol. The summed E-state index contributed by atoms with van der Waals surface area (Å²) in [6.45, 7) is 4.47. The molecule has 0 bridgehead atoms. The second kappa shape index (κ2) is 10.9. The number of hydrogen-bond acceptors (Lipinski definition) is 5. The molecule has 1 aliphatic heterocycles. The average Bonchev–Trinajstić information content (AvgIpc) is 2.63. The number of phenolic OH excluding ortho intramolecular Hbond substituents is 1. The van der Waals surface area contributed by atoms with Gasteiger partial charge in [-0.15, -0.1) is 24.8 Å². The Morgan fingerprint density at radius 3 is 2.35 bits per heavy atom. The van der Waals surface area contributed by atoms with Crippen LogP contribution in [0.15, 0.2) is 48.7 Å². The van der Waals surface area contributed by atoms with E-state index in [0.29, 0.717) is 12.1 Å². The third-order valence-electron chi connectivity index (χ3n) is 4.15. The third kappa shape index (κ3) is 6.37. The van der Waals surface area contributed by atoms with Gasteiger partial charge >= 0.3 is 0 Å². The van der Waals surface area contributed by atoms with Gasteiger partial charge in [-0.3, -0.25) is 9.69 Å². The highest BCUT2D eigenvalue weighted by Crippen LogP contribution is 2.15. The van der Waals surface area contributed by atoms with E-state index in [9.17, 15) is 9.90 Å². The highest BCUT2D eigenvalue weighted by Gasteiger charge is 2.18. The van der Waals surface area contributed by atoms with Crippen LogP contribution < -0.4 is 10.2 Å². The van der Waals surface area contributed by atoms with E-state index in [1.165, 1.54) is 0 Å². The van der Waals surface area contributed by atoms with Gasteiger partial charge in [0.05, 0.1) is 0 Å². The molecule has 6 nitrogen and oxygen atoms in total. The van der Waals surface area contributed by atoms with Crippen molar-refractivity contribution in [1.29, 1.82) is 0 Å². The standard InChI is InChI=1S/C18H22N4O2.2ClH/c23-16-6-4-15(5-7-16)20-18(24)8-10-21-11-13-22(14-12-21)17-3-1-2-9-19-17;;/h1-7,9,23H,8,10-14H2,(H,20,24);2*1H. The number of nitrogens with one attached hydrogen (secondary N) is 1. The van der Waals surface area contributed by atoms with Crippen molar-refractivity contribution in [3.8, 4) is 5.75 Å². The van der Waals surface area contributed by atoms with Crippen molar-refractivity contribution in [2.24, 2.45) is 0 Å². The van der Waals surface area contributed by atoms with Crippen LogP contribution in [0.3, 0.4) is 0 Å². The summed E-state index contributed by atoms with van der Waals surface area (Å²) in [5, 5.41) is 12.1. The monoisotopic (exact) mass is 398 g/mol. The molecule has 3 rings (SSSR count). The molecule has 0 saturated carbocycles. The number of phenols is 1. The third-order valence-corrected chi connectivity index (χ3v) is 4.15. The number of amides is 1. The van der Waals surface area contributed by atoms with E-state index in [-0.39, 0.29) is 36.5 Å². The van der Waals surface area contributed by atoms with Crippen molar-refractivity contribution in [3.63, 3.8) is 0 Å². The van der Waals surface area contributed by atoms with Crippen LogP contribution >= 0.6 is 24.8 Å². The maximum Gasteiger partial charge on any atom is 0.225 e. The molecule has 1 amide bonds. The number of hydrogen-bond donors (Lipinski definition) is 2. The first-order valence-electron chi connectivity index (χ1n) is 8.18. The van der Waals surface area contributed by atoms with Gasteiger partial charge in [-0.25, -0.2) is 4.98 Å². The summed E-state index contributed by atoms with van der Waals surface area (Å²) >= 11 is 0. The molecule has 2 heterocycles. The lowest BCUT2D eigenvalue weighted by Crippen LogP contribution is -2.47. The topological polar surface area (TPSA) is 68.7 Å². The fraction of sp³-hybridized carbons (Fsp3) is 0.333. The van der Waals surface area contributed by atoms with Crippen LogP contribution in [0.5, 0.6) is 5.75 Å². The number of halogens is 2. The van der Waals surface area contributed by atoms with Crippen molar-refractivity contribution >= 4 is 42.2 Å². The number of pyridine rings is 1. The second-order valence-corrected chi connectivity index (χ2v) is 5.86. The predicted octanol–water partition coefficient (Wildman–Crippen LogP) is 2.78. The molecule has 1 aromatic heterocycles. The van der Waals surface area contributed by atoms with Crippen LogP contribution in [0.25, 0.3) is 0 Å². The average molecular weight is 399 g/mol. The molecule has 1 saturated heterocycles. The normalized spacial score (nSPS) is 14.1. The molecule has 2 aromatic rings. The van der Waals surface area contributed by atoms with E-state index in [2.05, 4.69) is 20.1 Å². The Morgan fingerprint density at radius 2 is 1.73 bits per heavy atom. The van der Waals surface area contributed by atoms with Crippen molar-refractivity contribution < 1.29 is 9.90 Å². The summed E-state index contributed by atoms with van der Waals surface area (Å²) in [6.07, 6.45) is 2.28. The minimum absolute atomic E-state index is 0. The molecular weight excluding hydrogens is 375 g/mol. The van der Waals surface area contributed by atoms with Crippen LogP contribution in [0.1, 0.15) is 6.42 Å². The molecule has 8 heteroatoms. The Hall–Kier alpha value is -2.02. The van der Waals surface area contributed by atoms with Gasteiger partial charge in [-0.1, -0.05) is 6.07 Å². The summed E-state index contributed by atoms with van der Waals surface area (Å²) in [4.78, 5) is 21.0. The van der Waals surface area contributed by atoms with Gasteiger partial charge in [0.25, 0.3) is 0 Å². The fourth-order valence-electron chi connectivity index (χ4n) is 2.77. The van der Waals surface area contributed by atoms with Crippen LogP contribution in [0.4, 0.5) is 11.5 Å². The molecular formula is C18H24Cl2N4O2. The van der Waals surface area contributed by atoms with Gasteiger partial charge in [-0.05, 0) is 36.4 Å². The molecule has 0 radical (unpaired) electrons. The summed E-state index contributed by atoms with van der Waals surface area (Å²) in [5.74, 6) is 1.20. The lowest BCUT2D eigenvalue weighted by molar-refractivity contribution is -0.116. The number of rotatable bonds is 5. The fourth-order valence-corrected chi connectivity index (χ4v) is 2.77. The Labute approximate surface area is 166 Å². The maximum absolute atomic E-state index is 12.0. The van der Waals surface area contributed by atoms with Crippen molar-refractivity contribution in [1.82, 2.24) is 9.88 Å². The molecule has 2 N–H and O–H groups in total. The summed E-state index contributed by atoms with van der Waals surface area (Å²) in [7, 11) is 0. The maximum atomic E-state index is 12.0. The van der Waals surface area contributed by atoms with Crippen LogP contribution in [0, 0.1) is 0 Å². The van der Waals surface area contributed by atoms with E-state index >= 15 is 0 Å². The largest absolute Gasteiger partial charge is 0.508 e. The van der Waals surface area contributed by atoms with Gasteiger partial charge in [0.2, 0.25) is 5.91 Å². The Bertz CT molecular complexity index is 663. The molecule has 0 atom stereocenters. The molecule has 1 aromatic carbocycles. The number of aromatic hydroxyl groups is 1. The Kier molecular flexibility index (Phi) is 9.19. The SMILES string of the molecule is Cl.Cl.O=C(CCN1CCN(c2ccccn2)CC1)Nc1ccc(O)cc1. The lowest BCUT2D eigenvalue weighted by atomic mass is 10.2. The Morgan fingerprint density at radius 1 is 1.04 bits per heavy atom. The first-order chi connectivity index (χ1) is 11.7. The number of carbonyl (C=O) groups is 1. The highest BCUT2D eigenvalue weighted by atomic mass is 35.5. The minimum atomic E-state index is -0.00662. The van der Waals surface area contributed by atoms with E-state index in [0.717, 1.165) is 38.5 Å². The molecule has 26 heavy (non-hydrogen) atoms. The van der Waals surface area contributed by atoms with Crippen molar-refractivity contribution in [3.05, 3.63) is 48.7 Å². The number of piperazine rings is 1. The zero-order valence-corrected chi connectivity index (χ0v) is 16.0. The van der Waals surface area contributed by atoms with Crippen LogP contribution in [-0.2, 0) is 4.79 Å². The van der Waals surface area contributed by atoms with Gasteiger partial charge in [0.1, 0.15) is 11.6 Å². The molecule has 1 aliphatic rings. The van der Waals surface area contributed by atoms with E-state index in [1.54, 1.807) is 24.3 Å². The van der Waals surface area contributed by atoms with Gasteiger partial charge in [-0.2, -0.15) is 0 Å². The van der Waals surface area contributed by atoms with Crippen LogP contribution in [-0.4, -0.2) is 53.6 Å². The minimum Gasteiger partial charge on any atom is -0.508 e. The smallest absolute Gasteiger partial charge is 0.225 e. The number of aromatic nitrogens is 1.